The fourth-order valence-corrected chi connectivity index (χ4v) is 5.06. The van der Waals surface area contributed by atoms with Gasteiger partial charge in [0.05, 0.1) is 6.04 Å². The molecule has 0 bridgehead atoms. The number of aliphatic imine (C=N–C) groups is 1. The van der Waals surface area contributed by atoms with Crippen molar-refractivity contribution in [3.8, 4) is 0 Å². The molecule has 2 unspecified atom stereocenters. The van der Waals surface area contributed by atoms with E-state index in [9.17, 15) is 4.79 Å². The number of fused-ring (bicyclic) bond motifs is 1. The van der Waals surface area contributed by atoms with Gasteiger partial charge in [0.25, 0.3) is 0 Å². The highest BCUT2D eigenvalue weighted by Gasteiger charge is 2.33. The second-order valence-corrected chi connectivity index (χ2v) is 9.38. The average Bonchev–Trinajstić information content (AvgIpc) is 2.92. The first kappa shape index (κ1) is 26.0. The highest BCUT2D eigenvalue weighted by molar-refractivity contribution is 6.09. The molecule has 0 saturated heterocycles. The lowest BCUT2D eigenvalue weighted by molar-refractivity contribution is -0.131. The van der Waals surface area contributed by atoms with Crippen LogP contribution in [-0.2, 0) is 17.6 Å². The molecule has 5 nitrogen and oxygen atoms in total. The zero-order chi connectivity index (χ0) is 26.4. The zero-order valence-electron chi connectivity index (χ0n) is 21.8. The van der Waals surface area contributed by atoms with Gasteiger partial charge < -0.3 is 15.7 Å². The summed E-state index contributed by atoms with van der Waals surface area (Å²) in [5.74, 6) is -0.952. The van der Waals surface area contributed by atoms with Crippen LogP contribution in [-0.4, -0.2) is 29.9 Å². The molecule has 0 fully saturated rings. The maximum atomic E-state index is 10.9. The molecule has 190 valence electrons. The Kier molecular flexibility index (Phi) is 8.24. The van der Waals surface area contributed by atoms with E-state index >= 15 is 0 Å². The third kappa shape index (κ3) is 5.83. The van der Waals surface area contributed by atoms with Gasteiger partial charge in [0.1, 0.15) is 0 Å². The largest absolute Gasteiger partial charge is 0.478 e. The highest BCUT2D eigenvalue weighted by Crippen LogP contribution is 2.42. The minimum Gasteiger partial charge on any atom is -0.478 e. The number of hydrogen-bond donors (Lipinski definition) is 2. The second kappa shape index (κ2) is 11.7. The van der Waals surface area contributed by atoms with Crippen LogP contribution in [0.2, 0.25) is 0 Å². The topological polar surface area (TPSA) is 78.9 Å². The molecule has 1 heterocycles. The van der Waals surface area contributed by atoms with Crippen molar-refractivity contribution in [2.45, 2.75) is 45.7 Å². The number of benzene rings is 3. The molecule has 3 aromatic rings. The van der Waals surface area contributed by atoms with Gasteiger partial charge in [-0.2, -0.15) is 0 Å². The Morgan fingerprint density at radius 3 is 2.43 bits per heavy atom. The summed E-state index contributed by atoms with van der Waals surface area (Å²) in [5, 5.41) is 8.98. The van der Waals surface area contributed by atoms with Crippen LogP contribution < -0.4 is 10.6 Å². The van der Waals surface area contributed by atoms with Crippen molar-refractivity contribution in [3.63, 3.8) is 0 Å². The van der Waals surface area contributed by atoms with Crippen molar-refractivity contribution in [2.75, 3.05) is 11.4 Å². The maximum absolute atomic E-state index is 10.9. The molecule has 0 amide bonds. The zero-order valence-corrected chi connectivity index (χ0v) is 21.8. The van der Waals surface area contributed by atoms with Gasteiger partial charge in [0.15, 0.2) is 0 Å². The summed E-state index contributed by atoms with van der Waals surface area (Å²) in [6, 6.07) is 23.9. The van der Waals surface area contributed by atoms with Crippen LogP contribution >= 0.6 is 0 Å². The average molecular weight is 494 g/mol. The fraction of sp³-hybridized carbons (Fsp3) is 0.250. The SMILES string of the molecule is CCN=CC(=CN)c1ccc2c(c1)CC(C)N(c1ccc(CC)cc1)C2c1ccc(/C=C/C(=O)O)cc1. The third-order valence-corrected chi connectivity index (χ3v) is 6.95. The molecule has 2 atom stereocenters. The summed E-state index contributed by atoms with van der Waals surface area (Å²) in [4.78, 5) is 17.8. The van der Waals surface area contributed by atoms with E-state index in [0.717, 1.165) is 35.1 Å². The van der Waals surface area contributed by atoms with Crippen molar-refractivity contribution in [1.82, 2.24) is 0 Å². The Hall–Kier alpha value is -4.12. The predicted octanol–water partition coefficient (Wildman–Crippen LogP) is 6.28. The number of nitrogens with two attached hydrogens (primary N) is 1. The molecular formula is C32H35N3O2. The van der Waals surface area contributed by atoms with Gasteiger partial charge in [-0.3, -0.25) is 4.99 Å². The summed E-state index contributed by atoms with van der Waals surface area (Å²) < 4.78 is 0. The monoisotopic (exact) mass is 493 g/mol. The normalized spacial score (nSPS) is 17.9. The number of carboxylic acids is 1. The number of anilines is 1. The Morgan fingerprint density at radius 1 is 1.08 bits per heavy atom. The first-order valence-electron chi connectivity index (χ1n) is 12.9. The van der Waals surface area contributed by atoms with Crippen molar-refractivity contribution < 1.29 is 9.90 Å². The van der Waals surface area contributed by atoms with Crippen LogP contribution in [0.5, 0.6) is 0 Å². The van der Waals surface area contributed by atoms with Gasteiger partial charge in [-0.1, -0.05) is 61.5 Å². The summed E-state index contributed by atoms with van der Waals surface area (Å²) >= 11 is 0. The number of aryl methyl sites for hydroxylation is 1. The molecule has 0 aliphatic carbocycles. The van der Waals surface area contributed by atoms with Crippen LogP contribution in [0.15, 0.2) is 84.0 Å². The van der Waals surface area contributed by atoms with E-state index < -0.39 is 5.97 Å². The summed E-state index contributed by atoms with van der Waals surface area (Å²) in [6.07, 6.45) is 8.17. The molecule has 4 rings (SSSR count). The van der Waals surface area contributed by atoms with E-state index in [-0.39, 0.29) is 12.1 Å². The van der Waals surface area contributed by atoms with Crippen LogP contribution in [0, 0.1) is 0 Å². The van der Waals surface area contributed by atoms with E-state index in [1.165, 1.54) is 28.5 Å². The fourth-order valence-electron chi connectivity index (χ4n) is 5.06. The van der Waals surface area contributed by atoms with Crippen molar-refractivity contribution in [1.29, 1.82) is 0 Å². The number of hydrogen-bond acceptors (Lipinski definition) is 4. The first-order chi connectivity index (χ1) is 17.9. The molecule has 0 saturated carbocycles. The van der Waals surface area contributed by atoms with Gasteiger partial charge >= 0.3 is 5.97 Å². The molecule has 0 aromatic heterocycles. The van der Waals surface area contributed by atoms with E-state index in [4.69, 9.17) is 10.8 Å². The van der Waals surface area contributed by atoms with Gasteiger partial charge in [0, 0.05) is 42.3 Å². The lowest BCUT2D eigenvalue weighted by Crippen LogP contribution is -2.43. The molecule has 1 aliphatic rings. The first-order valence-corrected chi connectivity index (χ1v) is 12.9. The van der Waals surface area contributed by atoms with Crippen molar-refractivity contribution in [3.05, 3.63) is 112 Å². The van der Waals surface area contributed by atoms with E-state index in [1.807, 2.05) is 25.3 Å². The number of nitrogens with zero attached hydrogens (tertiary/aromatic N) is 2. The van der Waals surface area contributed by atoms with Crippen LogP contribution in [0.4, 0.5) is 5.69 Å². The Morgan fingerprint density at radius 2 is 1.81 bits per heavy atom. The number of allylic oxidation sites excluding steroid dienone is 1. The lowest BCUT2D eigenvalue weighted by atomic mass is 9.83. The molecule has 0 spiro atoms. The molecule has 3 N–H and O–H groups in total. The van der Waals surface area contributed by atoms with Crippen molar-refractivity contribution in [2.24, 2.45) is 10.7 Å². The molecular weight excluding hydrogens is 458 g/mol. The summed E-state index contributed by atoms with van der Waals surface area (Å²) in [5.41, 5.74) is 15.0. The maximum Gasteiger partial charge on any atom is 0.328 e. The van der Waals surface area contributed by atoms with Gasteiger partial charge in [0.2, 0.25) is 0 Å². The number of carboxylic acid groups (broad SMARTS) is 1. The third-order valence-electron chi connectivity index (χ3n) is 6.95. The quantitative estimate of drug-likeness (QED) is 0.286. The van der Waals surface area contributed by atoms with Crippen LogP contribution in [0.25, 0.3) is 11.6 Å². The Labute approximate surface area is 219 Å². The smallest absolute Gasteiger partial charge is 0.328 e. The van der Waals surface area contributed by atoms with E-state index in [1.54, 1.807) is 12.3 Å². The molecule has 0 radical (unpaired) electrons. The minimum absolute atomic E-state index is 0.0207. The number of aliphatic carboxylic acids is 1. The molecule has 3 aromatic carbocycles. The number of carbonyl (C=O) groups is 1. The van der Waals surface area contributed by atoms with E-state index in [2.05, 4.69) is 78.3 Å². The Bertz CT molecular complexity index is 1320. The van der Waals surface area contributed by atoms with Crippen LogP contribution in [0.1, 0.15) is 60.2 Å². The minimum atomic E-state index is -0.952. The van der Waals surface area contributed by atoms with Gasteiger partial charge in [-0.25, -0.2) is 4.79 Å². The number of rotatable bonds is 8. The Balaban J connectivity index is 1.81. The van der Waals surface area contributed by atoms with Crippen LogP contribution in [0.3, 0.4) is 0 Å². The molecule has 1 aliphatic heterocycles. The van der Waals surface area contributed by atoms with Gasteiger partial charge in [-0.15, -0.1) is 0 Å². The van der Waals surface area contributed by atoms with E-state index in [0.29, 0.717) is 6.54 Å². The molecule has 5 heteroatoms. The predicted molar refractivity (Wildman–Crippen MR) is 154 cm³/mol. The lowest BCUT2D eigenvalue weighted by Gasteiger charge is -2.44. The molecule has 37 heavy (non-hydrogen) atoms. The summed E-state index contributed by atoms with van der Waals surface area (Å²) in [6.45, 7) is 7.17. The standard InChI is InChI=1S/C32H35N3O2/c1-4-23-8-14-29(15-9-23)35-22(3)18-27-19-26(28(20-33)21-34-5-2)13-16-30(27)32(35)25-11-6-24(7-12-25)10-17-31(36)37/h6-17,19-22,32H,4-5,18,33H2,1-3H3,(H,36,37)/b17-10+,28-20?,34-21?. The van der Waals surface area contributed by atoms with Crippen molar-refractivity contribution >= 4 is 29.5 Å². The summed E-state index contributed by atoms with van der Waals surface area (Å²) in [7, 11) is 0. The second-order valence-electron chi connectivity index (χ2n) is 9.38. The van der Waals surface area contributed by atoms with Gasteiger partial charge in [-0.05, 0) is 78.3 Å². The highest BCUT2D eigenvalue weighted by atomic mass is 16.4.